The topological polar surface area (TPSA) is 68.5 Å². The third kappa shape index (κ3) is 5.33. The summed E-state index contributed by atoms with van der Waals surface area (Å²) >= 11 is 0. The molecule has 0 aliphatic carbocycles. The van der Waals surface area contributed by atoms with Gasteiger partial charge in [-0.1, -0.05) is 84.4 Å². The van der Waals surface area contributed by atoms with E-state index in [1.54, 1.807) is 6.08 Å². The van der Waals surface area contributed by atoms with E-state index in [0.717, 1.165) is 27.6 Å². The second-order valence-corrected chi connectivity index (χ2v) is 8.34. The molecule has 1 aromatic heterocycles. The number of benzene rings is 3. The van der Waals surface area contributed by atoms with E-state index in [2.05, 4.69) is 16.7 Å². The van der Waals surface area contributed by atoms with Crippen LogP contribution in [0.3, 0.4) is 0 Å². The Morgan fingerprint density at radius 3 is 2.41 bits per heavy atom. The summed E-state index contributed by atoms with van der Waals surface area (Å²) in [6.07, 6.45) is 4.83. The number of hydrogen-bond donors (Lipinski definition) is 1. The Morgan fingerprint density at radius 2 is 1.71 bits per heavy atom. The largest absolute Gasteiger partial charge is 0.479 e. The minimum atomic E-state index is -0.973. The number of aryl methyl sites for hydroxylation is 1. The lowest BCUT2D eigenvalue weighted by molar-refractivity contribution is -0.148. The number of hydrogen-bond acceptors (Lipinski definition) is 3. The maximum atomic E-state index is 13.2. The Balaban J connectivity index is 1.51. The van der Waals surface area contributed by atoms with E-state index in [0.29, 0.717) is 17.7 Å². The minimum Gasteiger partial charge on any atom is -0.479 e. The predicted molar refractivity (Wildman–Crippen MR) is 134 cm³/mol. The Kier molecular flexibility index (Phi) is 7.04. The van der Waals surface area contributed by atoms with Crippen LogP contribution < -0.4 is 0 Å². The number of carbonyl (C=O) groups excluding carboxylic acids is 1. The van der Waals surface area contributed by atoms with Crippen molar-refractivity contribution in [3.63, 3.8) is 0 Å². The van der Waals surface area contributed by atoms with Crippen molar-refractivity contribution < 1.29 is 19.4 Å². The van der Waals surface area contributed by atoms with Gasteiger partial charge >= 0.3 is 5.97 Å². The van der Waals surface area contributed by atoms with Gasteiger partial charge in [0, 0.05) is 34.8 Å². The fourth-order valence-corrected chi connectivity index (χ4v) is 3.81. The molecule has 0 fully saturated rings. The van der Waals surface area contributed by atoms with Crippen LogP contribution in [0.5, 0.6) is 0 Å². The number of carboxylic acid groups (broad SMARTS) is 1. The summed E-state index contributed by atoms with van der Waals surface area (Å²) in [7, 11) is 0. The second kappa shape index (κ2) is 10.3. The summed E-state index contributed by atoms with van der Waals surface area (Å²) in [5, 5.41) is 9.79. The van der Waals surface area contributed by atoms with Crippen molar-refractivity contribution in [2.75, 3.05) is 6.61 Å². The molecule has 0 aliphatic rings. The van der Waals surface area contributed by atoms with Crippen molar-refractivity contribution in [3.8, 4) is 0 Å². The number of fused-ring (bicyclic) bond motifs is 1. The van der Waals surface area contributed by atoms with Gasteiger partial charge in [-0.25, -0.2) is 4.79 Å². The highest BCUT2D eigenvalue weighted by Crippen LogP contribution is 2.25. The van der Waals surface area contributed by atoms with Crippen molar-refractivity contribution >= 4 is 28.7 Å². The predicted octanol–water partition coefficient (Wildman–Crippen LogP) is 5.73. The SMILES string of the molecule is Cc1ccc(C(=O)c2cn(Cc3ccc(C=CCO[C@H](C)C(=O)O)cc3)c3ccccc23)cc1. The van der Waals surface area contributed by atoms with E-state index in [9.17, 15) is 9.59 Å². The molecule has 0 bridgehead atoms. The molecular weight excluding hydrogens is 426 g/mol. The van der Waals surface area contributed by atoms with Gasteiger partial charge in [0.1, 0.15) is 0 Å². The molecule has 0 saturated carbocycles. The number of aromatic nitrogens is 1. The number of nitrogens with zero attached hydrogens (tertiary/aromatic N) is 1. The maximum Gasteiger partial charge on any atom is 0.332 e. The number of para-hydroxylation sites is 1. The number of ketones is 1. The lowest BCUT2D eigenvalue weighted by atomic mass is 10.0. The Morgan fingerprint density at radius 1 is 1.00 bits per heavy atom. The fourth-order valence-electron chi connectivity index (χ4n) is 3.81. The van der Waals surface area contributed by atoms with E-state index in [-0.39, 0.29) is 12.4 Å². The highest BCUT2D eigenvalue weighted by Gasteiger charge is 2.16. The summed E-state index contributed by atoms with van der Waals surface area (Å²) in [6, 6.07) is 23.8. The molecule has 1 atom stereocenters. The van der Waals surface area contributed by atoms with E-state index in [4.69, 9.17) is 9.84 Å². The molecule has 0 saturated heterocycles. The van der Waals surface area contributed by atoms with Gasteiger partial charge in [-0.3, -0.25) is 4.79 Å². The molecule has 0 radical (unpaired) electrons. The molecule has 172 valence electrons. The van der Waals surface area contributed by atoms with Gasteiger partial charge in [0.05, 0.1) is 6.61 Å². The molecule has 1 heterocycles. The number of aliphatic carboxylic acids is 1. The zero-order valence-corrected chi connectivity index (χ0v) is 19.3. The van der Waals surface area contributed by atoms with E-state index < -0.39 is 12.1 Å². The zero-order chi connectivity index (χ0) is 24.1. The van der Waals surface area contributed by atoms with Crippen molar-refractivity contribution in [2.24, 2.45) is 0 Å². The van der Waals surface area contributed by atoms with E-state index in [1.165, 1.54) is 6.92 Å². The fraction of sp³-hybridized carbons (Fsp3) is 0.172. The molecule has 0 aliphatic heterocycles. The van der Waals surface area contributed by atoms with Gasteiger partial charge in [-0.05, 0) is 31.0 Å². The minimum absolute atomic E-state index is 0.0230. The number of rotatable bonds is 9. The lowest BCUT2D eigenvalue weighted by Gasteiger charge is -2.06. The third-order valence-corrected chi connectivity index (χ3v) is 5.78. The Labute approximate surface area is 198 Å². The molecule has 3 aromatic carbocycles. The highest BCUT2D eigenvalue weighted by atomic mass is 16.5. The third-order valence-electron chi connectivity index (χ3n) is 5.78. The van der Waals surface area contributed by atoms with Crippen LogP contribution in [0.1, 0.15) is 39.5 Å². The van der Waals surface area contributed by atoms with Crippen molar-refractivity contribution in [1.29, 1.82) is 0 Å². The molecular formula is C29H27NO4. The van der Waals surface area contributed by atoms with Gasteiger partial charge < -0.3 is 14.4 Å². The maximum absolute atomic E-state index is 13.2. The first-order chi connectivity index (χ1) is 16.4. The van der Waals surface area contributed by atoms with Crippen LogP contribution in [0.25, 0.3) is 17.0 Å². The summed E-state index contributed by atoms with van der Waals surface area (Å²) in [4.78, 5) is 24.0. The standard InChI is InChI=1S/C29H27NO4/c1-20-9-15-24(16-10-20)28(31)26-19-30(27-8-4-3-7-25(26)27)18-23-13-11-22(12-14-23)6-5-17-34-21(2)29(32)33/h3-16,19,21H,17-18H2,1-2H3,(H,32,33)/t21-/m1/s1. The molecule has 1 N–H and O–H groups in total. The van der Waals surface area contributed by atoms with Crippen LogP contribution >= 0.6 is 0 Å². The first-order valence-electron chi connectivity index (χ1n) is 11.2. The molecule has 34 heavy (non-hydrogen) atoms. The van der Waals surface area contributed by atoms with Gasteiger partial charge in [-0.2, -0.15) is 0 Å². The second-order valence-electron chi connectivity index (χ2n) is 8.34. The normalized spacial score (nSPS) is 12.3. The number of carboxylic acids is 1. The van der Waals surface area contributed by atoms with E-state index >= 15 is 0 Å². The van der Waals surface area contributed by atoms with Crippen LogP contribution in [-0.2, 0) is 16.1 Å². The average molecular weight is 454 g/mol. The van der Waals surface area contributed by atoms with E-state index in [1.807, 2.05) is 79.9 Å². The van der Waals surface area contributed by atoms with Crippen molar-refractivity contribution in [1.82, 2.24) is 4.57 Å². The first-order valence-corrected chi connectivity index (χ1v) is 11.2. The number of ether oxygens (including phenoxy) is 1. The van der Waals surface area contributed by atoms with Crippen LogP contribution in [0, 0.1) is 6.92 Å². The molecule has 0 amide bonds. The van der Waals surface area contributed by atoms with Crippen LogP contribution in [0.2, 0.25) is 0 Å². The monoisotopic (exact) mass is 453 g/mol. The quantitative estimate of drug-likeness (QED) is 0.329. The molecule has 0 spiro atoms. The Hall–Kier alpha value is -3.96. The molecule has 5 nitrogen and oxygen atoms in total. The van der Waals surface area contributed by atoms with Gasteiger partial charge in [0.15, 0.2) is 11.9 Å². The molecule has 4 rings (SSSR count). The Bertz CT molecular complexity index is 1330. The van der Waals surface area contributed by atoms with Crippen LogP contribution in [0.4, 0.5) is 0 Å². The highest BCUT2D eigenvalue weighted by molar-refractivity contribution is 6.16. The van der Waals surface area contributed by atoms with Gasteiger partial charge in [-0.15, -0.1) is 0 Å². The number of carbonyl (C=O) groups is 2. The van der Waals surface area contributed by atoms with Crippen LogP contribution in [0.15, 0.2) is 85.1 Å². The van der Waals surface area contributed by atoms with Crippen LogP contribution in [-0.4, -0.2) is 34.1 Å². The summed E-state index contributed by atoms with van der Waals surface area (Å²) < 4.78 is 7.32. The van der Waals surface area contributed by atoms with Crippen molar-refractivity contribution in [2.45, 2.75) is 26.5 Å². The van der Waals surface area contributed by atoms with Crippen molar-refractivity contribution in [3.05, 3.63) is 113 Å². The summed E-state index contributed by atoms with van der Waals surface area (Å²) in [5.41, 5.74) is 5.65. The molecule has 5 heteroatoms. The lowest BCUT2D eigenvalue weighted by Crippen LogP contribution is -2.19. The first kappa shape index (κ1) is 23.2. The summed E-state index contributed by atoms with van der Waals surface area (Å²) in [5.74, 6) is -0.950. The molecule has 0 unspecified atom stereocenters. The summed E-state index contributed by atoms with van der Waals surface area (Å²) in [6.45, 7) is 4.40. The smallest absolute Gasteiger partial charge is 0.332 e. The average Bonchev–Trinajstić information content (AvgIpc) is 3.21. The zero-order valence-electron chi connectivity index (χ0n) is 19.3. The van der Waals surface area contributed by atoms with Gasteiger partial charge in [0.25, 0.3) is 0 Å². The van der Waals surface area contributed by atoms with Gasteiger partial charge in [0.2, 0.25) is 0 Å². The molecule has 4 aromatic rings.